The molecule has 0 heterocycles. The lowest BCUT2D eigenvalue weighted by Gasteiger charge is -2.41. The van der Waals surface area contributed by atoms with Gasteiger partial charge in [0.2, 0.25) is 0 Å². The first-order valence-corrected chi connectivity index (χ1v) is 26.2. The van der Waals surface area contributed by atoms with E-state index in [1.807, 2.05) is 12.2 Å². The summed E-state index contributed by atoms with van der Waals surface area (Å²) >= 11 is 0. The van der Waals surface area contributed by atoms with Gasteiger partial charge in [-0.05, 0) is 83.5 Å². The minimum Gasteiger partial charge on any atom is -0.457 e. The van der Waals surface area contributed by atoms with Crippen molar-refractivity contribution in [1.29, 1.82) is 0 Å². The van der Waals surface area contributed by atoms with Crippen molar-refractivity contribution in [2.75, 3.05) is 19.8 Å². The van der Waals surface area contributed by atoms with Crippen LogP contribution in [-0.4, -0.2) is 98.9 Å². The standard InChI is InChI=1S/C53H87O12P/c1-3-5-7-9-11-13-15-17-19-21-22-23-24-25-26-27-28-30-32-34-36-38-40-42-47(54)64-46(45-63-66(60,61)65-53-51(58)49(56)48(55)50(57)52(53)59)44-62-43-41-39-37-35-33-31-29-20-18-16-14-12-10-8-6-4-2/h5-8,11-14,17-20,22-23,31,33,37,39,46,48-53,55-59H,3-4,9-10,15-16,21,24-30,32,34-36,38,40-45H2,1-2H3,(H,60,61)/b7-5-,8-6-,13-11-,14-12-,19-17-,20-18-,23-22-,33-31-,39-37-. The molecule has 0 amide bonds. The van der Waals surface area contributed by atoms with Gasteiger partial charge in [-0.2, -0.15) is 0 Å². The molecule has 0 spiro atoms. The van der Waals surface area contributed by atoms with Crippen molar-refractivity contribution < 1.29 is 58.3 Å². The molecule has 0 aromatic heterocycles. The molecule has 1 rings (SSSR count). The van der Waals surface area contributed by atoms with E-state index in [-0.39, 0.29) is 19.6 Å². The maximum absolute atomic E-state index is 12.8. The first kappa shape index (κ1) is 61.0. The molecule has 1 fully saturated rings. The second-order valence-electron chi connectivity index (χ2n) is 16.5. The molecule has 376 valence electrons. The van der Waals surface area contributed by atoms with Crippen molar-refractivity contribution >= 4 is 13.8 Å². The maximum Gasteiger partial charge on any atom is 0.472 e. The molecule has 6 N–H and O–H groups in total. The zero-order chi connectivity index (χ0) is 48.4. The Labute approximate surface area is 397 Å². The topological polar surface area (TPSA) is 192 Å². The number of ether oxygens (including phenoxy) is 2. The van der Waals surface area contributed by atoms with Crippen LogP contribution in [0, 0.1) is 0 Å². The number of aliphatic hydroxyl groups is 5. The van der Waals surface area contributed by atoms with Gasteiger partial charge in [-0.25, -0.2) is 4.57 Å². The first-order valence-electron chi connectivity index (χ1n) is 24.7. The minimum absolute atomic E-state index is 0.140. The number of phosphoric ester groups is 1. The first-order chi connectivity index (χ1) is 32.0. The number of aliphatic hydroxyl groups excluding tert-OH is 5. The van der Waals surface area contributed by atoms with Crippen molar-refractivity contribution in [3.05, 3.63) is 109 Å². The number of hydrogen-bond donors (Lipinski definition) is 6. The van der Waals surface area contributed by atoms with Crippen molar-refractivity contribution in [2.24, 2.45) is 0 Å². The molecule has 13 heteroatoms. The average molecular weight is 947 g/mol. The summed E-state index contributed by atoms with van der Waals surface area (Å²) in [4.78, 5) is 23.2. The number of carbonyl (C=O) groups is 1. The molecule has 66 heavy (non-hydrogen) atoms. The molecule has 12 nitrogen and oxygen atoms in total. The molecule has 1 saturated carbocycles. The van der Waals surface area contributed by atoms with Crippen LogP contribution in [0.4, 0.5) is 0 Å². The summed E-state index contributed by atoms with van der Waals surface area (Å²) in [6, 6.07) is 0. The molecule has 1 aliphatic carbocycles. The van der Waals surface area contributed by atoms with Gasteiger partial charge >= 0.3 is 13.8 Å². The van der Waals surface area contributed by atoms with Crippen LogP contribution in [0.2, 0.25) is 0 Å². The summed E-state index contributed by atoms with van der Waals surface area (Å²) in [5.41, 5.74) is 0. The van der Waals surface area contributed by atoms with E-state index in [1.165, 1.54) is 32.1 Å². The highest BCUT2D eigenvalue weighted by molar-refractivity contribution is 7.47. The lowest BCUT2D eigenvalue weighted by Crippen LogP contribution is -2.64. The maximum atomic E-state index is 12.8. The zero-order valence-electron chi connectivity index (χ0n) is 40.2. The third kappa shape index (κ3) is 33.5. The summed E-state index contributed by atoms with van der Waals surface area (Å²) in [5, 5.41) is 50.3. The van der Waals surface area contributed by atoms with Gasteiger partial charge in [0.1, 0.15) is 42.7 Å². The monoisotopic (exact) mass is 947 g/mol. The van der Waals surface area contributed by atoms with Crippen LogP contribution in [0.3, 0.4) is 0 Å². The molecule has 6 atom stereocenters. The van der Waals surface area contributed by atoms with Crippen molar-refractivity contribution in [3.8, 4) is 0 Å². The normalized spacial score (nSPS) is 22.4. The van der Waals surface area contributed by atoms with E-state index in [9.17, 15) is 39.8 Å². The summed E-state index contributed by atoms with van der Waals surface area (Å²) in [5.74, 6) is -0.512. The molecule has 0 bridgehead atoms. The van der Waals surface area contributed by atoms with E-state index in [4.69, 9.17) is 18.5 Å². The third-order valence-electron chi connectivity index (χ3n) is 10.7. The molecule has 0 aliphatic heterocycles. The fourth-order valence-corrected chi connectivity index (χ4v) is 7.79. The molecule has 0 radical (unpaired) electrons. The van der Waals surface area contributed by atoms with E-state index < -0.39 is 63.1 Å². The van der Waals surface area contributed by atoms with Gasteiger partial charge in [-0.15, -0.1) is 0 Å². The fraction of sp³-hybridized carbons (Fsp3) is 0.642. The molecule has 0 aromatic rings. The van der Waals surface area contributed by atoms with Gasteiger partial charge < -0.3 is 39.9 Å². The number of allylic oxidation sites excluding steroid dienone is 17. The average Bonchev–Trinajstić information content (AvgIpc) is 3.30. The molecular formula is C53H87O12P. The summed E-state index contributed by atoms with van der Waals surface area (Å²) < 4.78 is 34.1. The van der Waals surface area contributed by atoms with E-state index in [0.29, 0.717) is 12.8 Å². The van der Waals surface area contributed by atoms with Crippen LogP contribution in [0.15, 0.2) is 109 Å². The molecule has 0 aromatic carbocycles. The molecular weight excluding hydrogens is 860 g/mol. The highest BCUT2D eigenvalue weighted by atomic mass is 31.2. The number of hydrogen-bond acceptors (Lipinski definition) is 11. The SMILES string of the molecule is CC/C=C\C/C=C\C/C=C\C/C=C\C/C=C\CCOCC(COP(=O)(O)OC1C(O)C(O)C(O)C(O)C1O)OC(=O)CCCCCCCCCCCC/C=C\C/C=C\C/C=C\C/C=C\CC. The number of unbranched alkanes of at least 4 members (excludes halogenated alkanes) is 10. The van der Waals surface area contributed by atoms with Crippen LogP contribution in [0.1, 0.15) is 155 Å². The van der Waals surface area contributed by atoms with E-state index >= 15 is 0 Å². The Morgan fingerprint density at radius 3 is 1.29 bits per heavy atom. The predicted octanol–water partition coefficient (Wildman–Crippen LogP) is 10.9. The van der Waals surface area contributed by atoms with Crippen molar-refractivity contribution in [1.82, 2.24) is 0 Å². The molecule has 0 saturated heterocycles. The lowest BCUT2D eigenvalue weighted by molar-refractivity contribution is -0.220. The Morgan fingerprint density at radius 1 is 0.485 bits per heavy atom. The number of rotatable bonds is 40. The quantitative estimate of drug-likeness (QED) is 0.0148. The van der Waals surface area contributed by atoms with Crippen molar-refractivity contribution in [3.63, 3.8) is 0 Å². The van der Waals surface area contributed by atoms with E-state index in [0.717, 1.165) is 89.9 Å². The highest BCUT2D eigenvalue weighted by Gasteiger charge is 2.51. The number of phosphoric acid groups is 1. The third-order valence-corrected chi connectivity index (χ3v) is 11.6. The zero-order valence-corrected chi connectivity index (χ0v) is 41.1. The molecule has 6 unspecified atom stereocenters. The Morgan fingerprint density at radius 2 is 0.848 bits per heavy atom. The lowest BCUT2D eigenvalue weighted by atomic mass is 9.85. The highest BCUT2D eigenvalue weighted by Crippen LogP contribution is 2.47. The van der Waals surface area contributed by atoms with Gasteiger partial charge in [0.25, 0.3) is 0 Å². The van der Waals surface area contributed by atoms with Gasteiger partial charge in [0.05, 0.1) is 19.8 Å². The second-order valence-corrected chi connectivity index (χ2v) is 18.0. The minimum atomic E-state index is -5.05. The number of esters is 1. The Kier molecular flexibility index (Phi) is 38.9. The van der Waals surface area contributed by atoms with E-state index in [2.05, 4.69) is 111 Å². The largest absolute Gasteiger partial charge is 0.472 e. The Bertz CT molecular complexity index is 1500. The summed E-state index contributed by atoms with van der Waals surface area (Å²) in [6.07, 6.45) is 47.5. The Hall–Kier alpha value is -3.00. The summed E-state index contributed by atoms with van der Waals surface area (Å²) in [7, 11) is -5.05. The number of carbonyl (C=O) groups excluding carboxylic acids is 1. The van der Waals surface area contributed by atoms with Crippen LogP contribution >= 0.6 is 7.82 Å². The van der Waals surface area contributed by atoms with Crippen LogP contribution in [0.5, 0.6) is 0 Å². The van der Waals surface area contributed by atoms with Gasteiger partial charge in [-0.3, -0.25) is 13.8 Å². The fourth-order valence-electron chi connectivity index (χ4n) is 6.82. The van der Waals surface area contributed by atoms with Crippen LogP contribution in [0.25, 0.3) is 0 Å². The van der Waals surface area contributed by atoms with Gasteiger partial charge in [0, 0.05) is 6.42 Å². The van der Waals surface area contributed by atoms with Gasteiger partial charge in [-0.1, -0.05) is 175 Å². The Balaban J connectivity index is 2.40. The smallest absolute Gasteiger partial charge is 0.457 e. The van der Waals surface area contributed by atoms with Gasteiger partial charge in [0.15, 0.2) is 0 Å². The van der Waals surface area contributed by atoms with Crippen LogP contribution < -0.4 is 0 Å². The van der Waals surface area contributed by atoms with E-state index in [1.54, 1.807) is 0 Å². The molecule has 1 aliphatic rings. The van der Waals surface area contributed by atoms with Crippen LogP contribution in [-0.2, 0) is 27.9 Å². The predicted molar refractivity (Wildman–Crippen MR) is 267 cm³/mol. The summed E-state index contributed by atoms with van der Waals surface area (Å²) in [6.45, 7) is 3.80. The van der Waals surface area contributed by atoms with Crippen molar-refractivity contribution in [2.45, 2.75) is 198 Å². The second kappa shape index (κ2) is 42.1.